The van der Waals surface area contributed by atoms with Gasteiger partial charge in [0.05, 0.1) is 30.3 Å². The van der Waals surface area contributed by atoms with E-state index in [1.54, 1.807) is 27.7 Å². The van der Waals surface area contributed by atoms with Crippen LogP contribution >= 0.6 is 23.4 Å². The van der Waals surface area contributed by atoms with Gasteiger partial charge in [0.25, 0.3) is 5.91 Å². The van der Waals surface area contributed by atoms with Crippen LogP contribution in [0.4, 0.5) is 11.4 Å². The number of ether oxygens (including phenoxy) is 2. The lowest BCUT2D eigenvalue weighted by atomic mass is 10.1. The SMILES string of the molecule is COc1ccc(Cl)cc1NC(=O)CSc1nnc(C(C)N2C(=O)COc3ccccc32)n1C. The molecule has 1 unspecified atom stereocenters. The minimum absolute atomic E-state index is 0.0338. The Morgan fingerprint density at radius 3 is 2.88 bits per heavy atom. The molecular weight excluding hydrogens is 466 g/mol. The number of hydrogen-bond acceptors (Lipinski definition) is 7. The van der Waals surface area contributed by atoms with Crippen LogP contribution in [0.3, 0.4) is 0 Å². The van der Waals surface area contributed by atoms with Crippen LogP contribution in [0.25, 0.3) is 0 Å². The fourth-order valence-corrected chi connectivity index (χ4v) is 4.46. The first-order valence-corrected chi connectivity index (χ1v) is 11.4. The molecule has 0 saturated carbocycles. The van der Waals surface area contributed by atoms with Gasteiger partial charge in [-0.1, -0.05) is 35.5 Å². The van der Waals surface area contributed by atoms with Gasteiger partial charge < -0.3 is 19.4 Å². The van der Waals surface area contributed by atoms with Gasteiger partial charge in [-0.25, -0.2) is 0 Å². The molecule has 0 bridgehead atoms. The van der Waals surface area contributed by atoms with E-state index in [2.05, 4.69) is 15.5 Å². The van der Waals surface area contributed by atoms with Gasteiger partial charge in [-0.2, -0.15) is 0 Å². The molecule has 3 aromatic rings. The molecule has 1 aliphatic heterocycles. The molecule has 9 nitrogen and oxygen atoms in total. The topological polar surface area (TPSA) is 98.6 Å². The van der Waals surface area contributed by atoms with E-state index in [9.17, 15) is 9.59 Å². The van der Waals surface area contributed by atoms with Crippen LogP contribution in [0.1, 0.15) is 18.8 Å². The van der Waals surface area contributed by atoms with Crippen LogP contribution < -0.4 is 19.7 Å². The number of carbonyl (C=O) groups excluding carboxylic acids is 2. The molecule has 0 spiro atoms. The van der Waals surface area contributed by atoms with Crippen LogP contribution in [0, 0.1) is 0 Å². The zero-order chi connectivity index (χ0) is 23.5. The Morgan fingerprint density at radius 1 is 1.30 bits per heavy atom. The summed E-state index contributed by atoms with van der Waals surface area (Å²) in [6.07, 6.45) is 0. The quantitative estimate of drug-likeness (QED) is 0.507. The van der Waals surface area contributed by atoms with Crippen molar-refractivity contribution >= 4 is 46.6 Å². The third-order valence-electron chi connectivity index (χ3n) is 5.14. The van der Waals surface area contributed by atoms with E-state index >= 15 is 0 Å². The van der Waals surface area contributed by atoms with Crippen molar-refractivity contribution in [3.63, 3.8) is 0 Å². The van der Waals surface area contributed by atoms with Gasteiger partial charge in [0, 0.05) is 12.1 Å². The number of methoxy groups -OCH3 is 1. The predicted molar refractivity (Wildman–Crippen MR) is 126 cm³/mol. The van der Waals surface area contributed by atoms with Crippen LogP contribution in [0.15, 0.2) is 47.6 Å². The second kappa shape index (κ2) is 9.72. The van der Waals surface area contributed by atoms with Crippen molar-refractivity contribution in [3.8, 4) is 11.5 Å². The highest BCUT2D eigenvalue weighted by molar-refractivity contribution is 7.99. The van der Waals surface area contributed by atoms with E-state index < -0.39 is 0 Å². The highest BCUT2D eigenvalue weighted by Gasteiger charge is 2.32. The Morgan fingerprint density at radius 2 is 2.09 bits per heavy atom. The minimum atomic E-state index is -0.376. The van der Waals surface area contributed by atoms with Gasteiger partial charge in [0.15, 0.2) is 17.6 Å². The monoisotopic (exact) mass is 487 g/mol. The number of carbonyl (C=O) groups is 2. The summed E-state index contributed by atoms with van der Waals surface area (Å²) in [5.41, 5.74) is 1.18. The Kier molecular flexibility index (Phi) is 6.75. The van der Waals surface area contributed by atoms with E-state index in [1.165, 1.54) is 18.9 Å². The minimum Gasteiger partial charge on any atom is -0.495 e. The summed E-state index contributed by atoms with van der Waals surface area (Å²) in [4.78, 5) is 26.8. The second-order valence-corrected chi connectivity index (χ2v) is 8.66. The van der Waals surface area contributed by atoms with E-state index in [-0.39, 0.29) is 30.2 Å². The summed E-state index contributed by atoms with van der Waals surface area (Å²) in [5.74, 6) is 1.47. The Balaban J connectivity index is 1.46. The third kappa shape index (κ3) is 4.76. The number of rotatable bonds is 7. The van der Waals surface area contributed by atoms with Crippen molar-refractivity contribution in [2.45, 2.75) is 18.1 Å². The van der Waals surface area contributed by atoms with Crippen molar-refractivity contribution in [2.75, 3.05) is 29.7 Å². The number of amides is 2. The van der Waals surface area contributed by atoms with Gasteiger partial charge in [-0.15, -0.1) is 10.2 Å². The number of aromatic nitrogens is 3. The van der Waals surface area contributed by atoms with Gasteiger partial charge in [-0.05, 0) is 37.3 Å². The molecule has 0 aliphatic carbocycles. The van der Waals surface area contributed by atoms with Gasteiger partial charge >= 0.3 is 0 Å². The number of anilines is 2. The van der Waals surface area contributed by atoms with E-state index in [0.29, 0.717) is 38.9 Å². The number of nitrogens with one attached hydrogen (secondary N) is 1. The molecule has 1 atom stereocenters. The van der Waals surface area contributed by atoms with Crippen molar-refractivity contribution in [2.24, 2.45) is 7.05 Å². The molecule has 4 rings (SSSR count). The molecule has 33 heavy (non-hydrogen) atoms. The molecule has 1 aliphatic rings. The maximum atomic E-state index is 12.6. The molecule has 0 radical (unpaired) electrons. The number of hydrogen-bond donors (Lipinski definition) is 1. The molecule has 2 heterocycles. The Bertz CT molecular complexity index is 1200. The Labute approximate surface area is 200 Å². The molecule has 2 aromatic carbocycles. The molecule has 11 heteroatoms. The van der Waals surface area contributed by atoms with Crippen LogP contribution in [-0.2, 0) is 16.6 Å². The molecule has 0 fully saturated rings. The molecule has 1 N–H and O–H groups in total. The maximum Gasteiger partial charge on any atom is 0.265 e. The average molecular weight is 488 g/mol. The first-order valence-electron chi connectivity index (χ1n) is 10.1. The van der Waals surface area contributed by atoms with E-state index in [0.717, 1.165) is 0 Å². The number of para-hydroxylation sites is 2. The first-order chi connectivity index (χ1) is 15.9. The summed E-state index contributed by atoms with van der Waals surface area (Å²) in [6, 6.07) is 12.0. The van der Waals surface area contributed by atoms with Gasteiger partial charge in [-0.3, -0.25) is 14.5 Å². The molecule has 0 saturated heterocycles. The molecule has 172 valence electrons. The number of fused-ring (bicyclic) bond motifs is 1. The Hall–Kier alpha value is -3.24. The second-order valence-electron chi connectivity index (χ2n) is 7.28. The summed E-state index contributed by atoms with van der Waals surface area (Å²) in [5, 5.41) is 12.3. The number of halogens is 1. The molecule has 1 aromatic heterocycles. The maximum absolute atomic E-state index is 12.6. The van der Waals surface area contributed by atoms with Gasteiger partial charge in [0.1, 0.15) is 11.5 Å². The van der Waals surface area contributed by atoms with Crippen LogP contribution in [0.2, 0.25) is 5.02 Å². The highest BCUT2D eigenvalue weighted by Crippen LogP contribution is 2.37. The summed E-state index contributed by atoms with van der Waals surface area (Å²) in [7, 11) is 3.33. The number of nitrogens with zero attached hydrogens (tertiary/aromatic N) is 4. The standard InChI is InChI=1S/C22H22ClN5O4S/c1-13(28-16-6-4-5-7-18(16)32-11-20(28)30)21-25-26-22(27(21)2)33-12-19(29)24-15-10-14(23)8-9-17(15)31-3/h4-10,13H,11-12H2,1-3H3,(H,24,29). The van der Waals surface area contributed by atoms with Crippen molar-refractivity contribution in [3.05, 3.63) is 53.3 Å². The van der Waals surface area contributed by atoms with Crippen molar-refractivity contribution in [1.82, 2.24) is 14.8 Å². The highest BCUT2D eigenvalue weighted by atomic mass is 35.5. The third-order valence-corrected chi connectivity index (χ3v) is 6.40. The average Bonchev–Trinajstić information content (AvgIpc) is 3.17. The smallest absolute Gasteiger partial charge is 0.265 e. The zero-order valence-corrected chi connectivity index (χ0v) is 19.8. The lowest BCUT2D eigenvalue weighted by Gasteiger charge is -2.33. The summed E-state index contributed by atoms with van der Waals surface area (Å²) >= 11 is 7.26. The fourth-order valence-electron chi connectivity index (χ4n) is 3.57. The zero-order valence-electron chi connectivity index (χ0n) is 18.2. The molecular formula is C22H22ClN5O4S. The molecule has 2 amide bonds. The lowest BCUT2D eigenvalue weighted by molar-refractivity contribution is -0.121. The van der Waals surface area contributed by atoms with Crippen molar-refractivity contribution in [1.29, 1.82) is 0 Å². The number of thioether (sulfide) groups is 1. The number of benzene rings is 2. The summed E-state index contributed by atoms with van der Waals surface area (Å²) in [6.45, 7) is 1.85. The lowest BCUT2D eigenvalue weighted by Crippen LogP contribution is -2.41. The summed E-state index contributed by atoms with van der Waals surface area (Å²) < 4.78 is 12.6. The van der Waals surface area contributed by atoms with E-state index in [1.807, 2.05) is 38.2 Å². The predicted octanol–water partition coefficient (Wildman–Crippen LogP) is 3.69. The van der Waals surface area contributed by atoms with Crippen molar-refractivity contribution < 1.29 is 19.1 Å². The van der Waals surface area contributed by atoms with Crippen LogP contribution in [0.5, 0.6) is 11.5 Å². The van der Waals surface area contributed by atoms with Crippen LogP contribution in [-0.4, -0.2) is 46.0 Å². The van der Waals surface area contributed by atoms with Gasteiger partial charge in [0.2, 0.25) is 5.91 Å². The largest absolute Gasteiger partial charge is 0.495 e. The fraction of sp³-hybridized carbons (Fsp3) is 0.273. The van der Waals surface area contributed by atoms with E-state index in [4.69, 9.17) is 21.1 Å². The first kappa shape index (κ1) is 22.9. The normalized spacial score (nSPS) is 13.8.